The lowest BCUT2D eigenvalue weighted by atomic mass is 10.6. The Morgan fingerprint density at radius 1 is 1.85 bits per heavy atom. The molecule has 1 aromatic heterocycles. The van der Waals surface area contributed by atoms with Gasteiger partial charge in [-0.3, -0.25) is 0 Å². The molecule has 0 saturated carbocycles. The van der Waals surface area contributed by atoms with Gasteiger partial charge in [0.2, 0.25) is 0 Å². The number of imidazole rings is 1. The minimum absolute atomic E-state index is 0.0421. The summed E-state index contributed by atoms with van der Waals surface area (Å²) in [6.45, 7) is 1.00. The summed E-state index contributed by atoms with van der Waals surface area (Å²) in [5.41, 5.74) is 5.26. The average Bonchev–Trinajstić information content (AvgIpc) is 2.43. The maximum absolute atomic E-state index is 10.4. The third-order valence-corrected chi connectivity index (χ3v) is 1.58. The van der Waals surface area contributed by atoms with E-state index in [1.54, 1.807) is 7.05 Å². The van der Waals surface area contributed by atoms with Crippen LogP contribution in [0.25, 0.3) is 0 Å². The summed E-state index contributed by atoms with van der Waals surface area (Å²) in [7, 11) is 1.57. The van der Waals surface area contributed by atoms with Gasteiger partial charge in [0.15, 0.2) is 0 Å². The Morgan fingerprint density at radius 2 is 2.54 bits per heavy atom. The summed E-state index contributed by atoms with van der Waals surface area (Å²) in [6, 6.07) is 0. The van der Waals surface area contributed by atoms with Gasteiger partial charge in [0.25, 0.3) is 5.95 Å². The summed E-state index contributed by atoms with van der Waals surface area (Å²) >= 11 is 0. The van der Waals surface area contributed by atoms with Crippen LogP contribution < -0.4 is 11.1 Å². The van der Waals surface area contributed by atoms with Gasteiger partial charge in [0, 0.05) is 13.1 Å². The van der Waals surface area contributed by atoms with E-state index in [-0.39, 0.29) is 5.82 Å². The maximum atomic E-state index is 10.4. The molecule has 7 heteroatoms. The van der Waals surface area contributed by atoms with Crippen LogP contribution in [0.5, 0.6) is 0 Å². The highest BCUT2D eigenvalue weighted by Crippen LogP contribution is 2.14. The van der Waals surface area contributed by atoms with E-state index in [0.29, 0.717) is 19.0 Å². The first-order valence-corrected chi connectivity index (χ1v) is 3.77. The number of nitrogens with one attached hydrogen (secondary N) is 1. The minimum Gasteiger partial charge on any atom is -0.358 e. The van der Waals surface area contributed by atoms with Gasteiger partial charge in [-0.15, -0.1) is 0 Å². The van der Waals surface area contributed by atoms with Crippen LogP contribution in [-0.4, -0.2) is 27.6 Å². The van der Waals surface area contributed by atoms with Gasteiger partial charge in [-0.25, -0.2) is 0 Å². The van der Waals surface area contributed by atoms with Crippen molar-refractivity contribution in [1.82, 2.24) is 9.55 Å². The van der Waals surface area contributed by atoms with E-state index >= 15 is 0 Å². The van der Waals surface area contributed by atoms with Crippen molar-refractivity contribution in [3.63, 3.8) is 0 Å². The second-order valence-corrected chi connectivity index (χ2v) is 2.47. The second kappa shape index (κ2) is 3.85. The molecule has 0 aliphatic carbocycles. The summed E-state index contributed by atoms with van der Waals surface area (Å²) in [5.74, 6) is 0.414. The van der Waals surface area contributed by atoms with Crippen LogP contribution in [0, 0.1) is 10.1 Å². The normalized spacial score (nSPS) is 10.0. The summed E-state index contributed by atoms with van der Waals surface area (Å²) in [5, 5.41) is 13.3. The Bertz CT molecular complexity index is 308. The molecule has 0 aliphatic heterocycles. The molecule has 0 fully saturated rings. The Morgan fingerprint density at radius 3 is 3.00 bits per heavy atom. The fourth-order valence-corrected chi connectivity index (χ4v) is 0.918. The van der Waals surface area contributed by atoms with E-state index in [9.17, 15) is 10.1 Å². The van der Waals surface area contributed by atoms with Crippen LogP contribution in [0.1, 0.15) is 0 Å². The summed E-state index contributed by atoms with van der Waals surface area (Å²) in [6.07, 6.45) is 1.21. The molecule has 0 radical (unpaired) electrons. The van der Waals surface area contributed by atoms with E-state index < -0.39 is 4.92 Å². The van der Waals surface area contributed by atoms with Gasteiger partial charge < -0.3 is 21.2 Å². The van der Waals surface area contributed by atoms with Crippen LogP contribution in [0.4, 0.5) is 11.8 Å². The number of hydrogen-bond donors (Lipinski definition) is 2. The molecule has 0 bridgehead atoms. The van der Waals surface area contributed by atoms with Gasteiger partial charge in [-0.1, -0.05) is 0 Å². The number of nitrogens with two attached hydrogens (primary N) is 1. The average molecular weight is 185 g/mol. The molecule has 0 spiro atoms. The first kappa shape index (κ1) is 9.46. The zero-order chi connectivity index (χ0) is 9.84. The summed E-state index contributed by atoms with van der Waals surface area (Å²) < 4.78 is 1.37. The van der Waals surface area contributed by atoms with Crippen molar-refractivity contribution in [2.24, 2.45) is 12.8 Å². The minimum atomic E-state index is -0.485. The van der Waals surface area contributed by atoms with Crippen molar-refractivity contribution in [3.05, 3.63) is 16.3 Å². The van der Waals surface area contributed by atoms with Crippen molar-refractivity contribution in [2.75, 3.05) is 18.4 Å². The molecular formula is C6H11N5O2. The fourth-order valence-electron chi connectivity index (χ4n) is 0.918. The molecule has 0 amide bonds. The van der Waals surface area contributed by atoms with Crippen LogP contribution >= 0.6 is 0 Å². The number of nitro groups is 1. The van der Waals surface area contributed by atoms with E-state index in [0.717, 1.165) is 0 Å². The number of anilines is 1. The smallest absolute Gasteiger partial charge is 0.344 e. The quantitative estimate of drug-likeness (QED) is 0.495. The van der Waals surface area contributed by atoms with E-state index in [1.807, 2.05) is 0 Å². The highest BCUT2D eigenvalue weighted by Gasteiger charge is 2.15. The van der Waals surface area contributed by atoms with E-state index in [1.165, 1.54) is 10.8 Å². The molecule has 0 aliphatic rings. The first-order chi connectivity index (χ1) is 6.16. The van der Waals surface area contributed by atoms with Crippen LogP contribution in [0.3, 0.4) is 0 Å². The molecule has 1 aromatic rings. The van der Waals surface area contributed by atoms with E-state index in [2.05, 4.69) is 10.3 Å². The van der Waals surface area contributed by atoms with Crippen LogP contribution in [-0.2, 0) is 7.05 Å². The van der Waals surface area contributed by atoms with Crippen LogP contribution in [0.2, 0.25) is 0 Å². The molecule has 1 rings (SSSR count). The molecule has 3 N–H and O–H groups in total. The number of hydrogen-bond acceptors (Lipinski definition) is 5. The fraction of sp³-hybridized carbons (Fsp3) is 0.500. The van der Waals surface area contributed by atoms with Gasteiger partial charge in [-0.2, -0.15) is 9.55 Å². The molecule has 1 heterocycles. The highest BCUT2D eigenvalue weighted by atomic mass is 16.6. The number of aromatic nitrogens is 2. The predicted octanol–water partition coefficient (Wildman–Crippen LogP) is -0.301. The van der Waals surface area contributed by atoms with Crippen molar-refractivity contribution in [1.29, 1.82) is 0 Å². The third-order valence-electron chi connectivity index (χ3n) is 1.58. The summed E-state index contributed by atoms with van der Waals surface area (Å²) in [4.78, 5) is 13.7. The Hall–Kier alpha value is -1.63. The molecule has 0 atom stereocenters. The molecule has 0 aromatic carbocycles. The van der Waals surface area contributed by atoms with Crippen molar-refractivity contribution >= 4 is 11.8 Å². The lowest BCUT2D eigenvalue weighted by molar-refractivity contribution is -0.391. The molecule has 7 nitrogen and oxygen atoms in total. The molecule has 0 unspecified atom stereocenters. The Kier molecular flexibility index (Phi) is 2.80. The molecule has 13 heavy (non-hydrogen) atoms. The Balaban J connectivity index is 2.80. The molecule has 0 saturated heterocycles. The second-order valence-electron chi connectivity index (χ2n) is 2.47. The predicted molar refractivity (Wildman–Crippen MR) is 47.4 cm³/mol. The highest BCUT2D eigenvalue weighted by molar-refractivity contribution is 5.35. The molecular weight excluding hydrogens is 174 g/mol. The lowest BCUT2D eigenvalue weighted by Crippen LogP contribution is -2.15. The lowest BCUT2D eigenvalue weighted by Gasteiger charge is -1.99. The van der Waals surface area contributed by atoms with Crippen molar-refractivity contribution in [3.8, 4) is 0 Å². The van der Waals surface area contributed by atoms with Gasteiger partial charge in [-0.05, 0) is 4.92 Å². The van der Waals surface area contributed by atoms with E-state index in [4.69, 9.17) is 5.73 Å². The Labute approximate surface area is 74.7 Å². The SMILES string of the molecule is Cn1c([N+](=O)[O-])cnc1NCCN. The van der Waals surface area contributed by atoms with Gasteiger partial charge in [0.05, 0.1) is 7.05 Å². The number of nitrogens with zero attached hydrogens (tertiary/aromatic N) is 3. The standard InChI is InChI=1S/C6H11N5O2/c1-10-5(11(12)13)4-9-6(10)8-3-2-7/h4H,2-3,7H2,1H3,(H,8,9). The van der Waals surface area contributed by atoms with Crippen molar-refractivity contribution in [2.45, 2.75) is 0 Å². The zero-order valence-corrected chi connectivity index (χ0v) is 7.23. The monoisotopic (exact) mass is 185 g/mol. The topological polar surface area (TPSA) is 99.0 Å². The maximum Gasteiger partial charge on any atom is 0.344 e. The van der Waals surface area contributed by atoms with Gasteiger partial charge in [0.1, 0.15) is 6.20 Å². The van der Waals surface area contributed by atoms with Crippen molar-refractivity contribution < 1.29 is 4.92 Å². The first-order valence-electron chi connectivity index (χ1n) is 3.77. The zero-order valence-electron chi connectivity index (χ0n) is 7.23. The van der Waals surface area contributed by atoms with Crippen LogP contribution in [0.15, 0.2) is 6.20 Å². The largest absolute Gasteiger partial charge is 0.358 e. The molecule has 72 valence electrons. The number of rotatable bonds is 4. The third kappa shape index (κ3) is 1.94. The van der Waals surface area contributed by atoms with Gasteiger partial charge >= 0.3 is 5.82 Å².